The van der Waals surface area contributed by atoms with E-state index in [1.54, 1.807) is 6.08 Å². The first-order valence-corrected chi connectivity index (χ1v) is 5.07. The molecule has 0 fully saturated rings. The monoisotopic (exact) mass is 201 g/mol. The van der Waals surface area contributed by atoms with E-state index in [1.807, 2.05) is 18.2 Å². The van der Waals surface area contributed by atoms with Crippen LogP contribution in [0.25, 0.3) is 17.0 Å². The molecule has 0 aliphatic carbocycles. The zero-order valence-electron chi connectivity index (χ0n) is 9.07. The van der Waals surface area contributed by atoms with E-state index < -0.39 is 0 Å². The van der Waals surface area contributed by atoms with Crippen LogP contribution in [0.5, 0.6) is 0 Å². The number of hydrogen-bond acceptors (Lipinski definition) is 1. The maximum Gasteiger partial charge on any atom is 0.0615 e. The van der Waals surface area contributed by atoms with Crippen LogP contribution in [0, 0.1) is 6.92 Å². The van der Waals surface area contributed by atoms with Gasteiger partial charge in [0.2, 0.25) is 0 Å². The molecule has 0 spiro atoms. The second kappa shape index (κ2) is 3.91. The average Bonchev–Trinajstić information content (AvgIpc) is 2.51. The quantitative estimate of drug-likeness (QED) is 0.793. The van der Waals surface area contributed by atoms with Crippen molar-refractivity contribution < 1.29 is 5.11 Å². The smallest absolute Gasteiger partial charge is 0.0615 e. The molecule has 0 saturated heterocycles. The van der Waals surface area contributed by atoms with Crippen molar-refractivity contribution in [2.75, 3.05) is 6.61 Å². The molecule has 0 unspecified atom stereocenters. The van der Waals surface area contributed by atoms with E-state index in [2.05, 4.69) is 30.7 Å². The Morgan fingerprint density at radius 3 is 2.80 bits per heavy atom. The van der Waals surface area contributed by atoms with Crippen LogP contribution in [0.1, 0.15) is 11.3 Å². The molecule has 78 valence electrons. The molecule has 1 N–H and O–H groups in total. The lowest BCUT2D eigenvalue weighted by Crippen LogP contribution is -1.89. The Morgan fingerprint density at radius 2 is 2.07 bits per heavy atom. The van der Waals surface area contributed by atoms with Crippen LogP contribution in [-0.4, -0.2) is 16.3 Å². The van der Waals surface area contributed by atoms with Gasteiger partial charge in [0.1, 0.15) is 0 Å². The van der Waals surface area contributed by atoms with E-state index in [-0.39, 0.29) is 6.61 Å². The van der Waals surface area contributed by atoms with Gasteiger partial charge in [-0.3, -0.25) is 0 Å². The highest BCUT2D eigenvalue weighted by molar-refractivity contribution is 5.91. The van der Waals surface area contributed by atoms with Crippen molar-refractivity contribution in [3.05, 3.63) is 41.6 Å². The minimum Gasteiger partial charge on any atom is -0.392 e. The average molecular weight is 201 g/mol. The van der Waals surface area contributed by atoms with Crippen LogP contribution in [0.2, 0.25) is 0 Å². The lowest BCUT2D eigenvalue weighted by Gasteiger charge is -1.97. The molecule has 1 heterocycles. The number of nitrogens with zero attached hydrogens (tertiary/aromatic N) is 1. The first-order valence-electron chi connectivity index (χ1n) is 5.07. The molecule has 2 rings (SSSR count). The molecule has 0 amide bonds. The summed E-state index contributed by atoms with van der Waals surface area (Å²) in [6.45, 7) is 2.18. The highest BCUT2D eigenvalue weighted by Crippen LogP contribution is 2.25. The molecule has 0 radical (unpaired) electrons. The van der Waals surface area contributed by atoms with Crippen LogP contribution in [0.15, 0.2) is 30.3 Å². The number of benzene rings is 1. The maximum atomic E-state index is 8.80. The van der Waals surface area contributed by atoms with Crippen LogP contribution in [0.3, 0.4) is 0 Å². The van der Waals surface area contributed by atoms with E-state index in [4.69, 9.17) is 5.11 Å². The van der Waals surface area contributed by atoms with Gasteiger partial charge in [0.05, 0.1) is 6.61 Å². The summed E-state index contributed by atoms with van der Waals surface area (Å²) in [6, 6.07) is 8.30. The lowest BCUT2D eigenvalue weighted by atomic mass is 10.1. The highest BCUT2D eigenvalue weighted by Gasteiger charge is 2.07. The second-order valence-electron chi connectivity index (χ2n) is 3.66. The van der Waals surface area contributed by atoms with Crippen molar-refractivity contribution in [2.45, 2.75) is 6.92 Å². The third kappa shape index (κ3) is 1.57. The van der Waals surface area contributed by atoms with Crippen LogP contribution in [-0.2, 0) is 7.05 Å². The van der Waals surface area contributed by atoms with Crippen molar-refractivity contribution in [3.63, 3.8) is 0 Å². The van der Waals surface area contributed by atoms with E-state index in [0.717, 1.165) is 0 Å². The standard InChI is InChI=1S/C13H15NO/c1-10-11(7-5-9-15)12-6-3-4-8-13(12)14(10)2/h3-8,15H,9H2,1-2H3/b7-5+. The Morgan fingerprint density at radius 1 is 1.33 bits per heavy atom. The fourth-order valence-corrected chi connectivity index (χ4v) is 1.93. The zero-order valence-corrected chi connectivity index (χ0v) is 9.07. The number of aliphatic hydroxyl groups excluding tert-OH is 1. The normalized spacial score (nSPS) is 11.7. The molecular weight excluding hydrogens is 186 g/mol. The minimum absolute atomic E-state index is 0.0860. The summed E-state index contributed by atoms with van der Waals surface area (Å²) in [6.07, 6.45) is 3.76. The Hall–Kier alpha value is -1.54. The van der Waals surface area contributed by atoms with Crippen LogP contribution >= 0.6 is 0 Å². The van der Waals surface area contributed by atoms with Gasteiger partial charge in [-0.2, -0.15) is 0 Å². The van der Waals surface area contributed by atoms with E-state index in [0.29, 0.717) is 0 Å². The van der Waals surface area contributed by atoms with Gasteiger partial charge in [0.25, 0.3) is 0 Å². The first-order chi connectivity index (χ1) is 7.25. The number of fused-ring (bicyclic) bond motifs is 1. The summed E-state index contributed by atoms with van der Waals surface area (Å²) in [7, 11) is 2.06. The van der Waals surface area contributed by atoms with Crippen molar-refractivity contribution >= 4 is 17.0 Å². The Balaban J connectivity index is 2.72. The fraction of sp³-hybridized carbons (Fsp3) is 0.231. The zero-order chi connectivity index (χ0) is 10.8. The van der Waals surface area contributed by atoms with Gasteiger partial charge in [-0.15, -0.1) is 0 Å². The number of aryl methyl sites for hydroxylation is 1. The van der Waals surface area contributed by atoms with Crippen molar-refractivity contribution in [2.24, 2.45) is 7.05 Å². The van der Waals surface area contributed by atoms with Gasteiger partial charge in [-0.05, 0) is 13.0 Å². The van der Waals surface area contributed by atoms with Crippen molar-refractivity contribution in [1.82, 2.24) is 4.57 Å². The molecular formula is C13H15NO. The first kappa shape index (κ1) is 9.99. The third-order valence-corrected chi connectivity index (χ3v) is 2.84. The Kier molecular flexibility index (Phi) is 2.60. The fourth-order valence-electron chi connectivity index (χ4n) is 1.93. The van der Waals surface area contributed by atoms with Gasteiger partial charge >= 0.3 is 0 Å². The molecule has 2 nitrogen and oxygen atoms in total. The maximum absolute atomic E-state index is 8.80. The Labute approximate surface area is 89.5 Å². The molecule has 1 aromatic heterocycles. The SMILES string of the molecule is Cc1c(/C=C/CO)c2ccccc2n1C. The molecule has 0 atom stereocenters. The molecule has 0 aliphatic heterocycles. The molecule has 2 heteroatoms. The molecule has 2 aromatic rings. The van der Waals surface area contributed by atoms with E-state index >= 15 is 0 Å². The summed E-state index contributed by atoms with van der Waals surface area (Å²) >= 11 is 0. The van der Waals surface area contributed by atoms with Gasteiger partial charge < -0.3 is 9.67 Å². The summed E-state index contributed by atoms with van der Waals surface area (Å²) in [4.78, 5) is 0. The summed E-state index contributed by atoms with van der Waals surface area (Å²) in [5.41, 5.74) is 3.65. The topological polar surface area (TPSA) is 25.2 Å². The van der Waals surface area contributed by atoms with E-state index in [9.17, 15) is 0 Å². The molecule has 15 heavy (non-hydrogen) atoms. The predicted molar refractivity (Wildman–Crippen MR) is 63.8 cm³/mol. The second-order valence-corrected chi connectivity index (χ2v) is 3.66. The van der Waals surface area contributed by atoms with Gasteiger partial charge in [0, 0.05) is 29.2 Å². The van der Waals surface area contributed by atoms with Crippen molar-refractivity contribution in [3.8, 4) is 0 Å². The predicted octanol–water partition coefficient (Wildman–Crippen LogP) is 2.49. The minimum atomic E-state index is 0.0860. The number of hydrogen-bond donors (Lipinski definition) is 1. The largest absolute Gasteiger partial charge is 0.392 e. The number of para-hydroxylation sites is 1. The summed E-state index contributed by atoms with van der Waals surface area (Å²) in [5, 5.41) is 10.0. The molecule has 1 aromatic carbocycles. The number of rotatable bonds is 2. The highest BCUT2D eigenvalue weighted by atomic mass is 16.2. The summed E-state index contributed by atoms with van der Waals surface area (Å²) in [5.74, 6) is 0. The van der Waals surface area contributed by atoms with Crippen LogP contribution < -0.4 is 0 Å². The van der Waals surface area contributed by atoms with Gasteiger partial charge in [-0.1, -0.05) is 30.4 Å². The van der Waals surface area contributed by atoms with Crippen LogP contribution in [0.4, 0.5) is 0 Å². The third-order valence-electron chi connectivity index (χ3n) is 2.84. The Bertz CT molecular complexity index is 508. The number of aliphatic hydroxyl groups is 1. The molecule has 0 bridgehead atoms. The van der Waals surface area contributed by atoms with Crippen molar-refractivity contribution in [1.29, 1.82) is 0 Å². The lowest BCUT2D eigenvalue weighted by molar-refractivity contribution is 0.343. The molecule has 0 saturated carbocycles. The van der Waals surface area contributed by atoms with Gasteiger partial charge in [-0.25, -0.2) is 0 Å². The summed E-state index contributed by atoms with van der Waals surface area (Å²) < 4.78 is 2.17. The number of aromatic nitrogens is 1. The molecule has 0 aliphatic rings. The van der Waals surface area contributed by atoms with E-state index in [1.165, 1.54) is 22.2 Å². The van der Waals surface area contributed by atoms with Gasteiger partial charge in [0.15, 0.2) is 0 Å².